The van der Waals surface area contributed by atoms with E-state index in [1.54, 1.807) is 4.90 Å². The molecule has 1 aliphatic rings. The Morgan fingerprint density at radius 1 is 1.33 bits per heavy atom. The van der Waals surface area contributed by atoms with Crippen molar-refractivity contribution in [3.05, 3.63) is 35.9 Å². The molecule has 1 aromatic carbocycles. The number of likely N-dealkylation sites (tertiary alicyclic amines) is 1. The highest BCUT2D eigenvalue weighted by Gasteiger charge is 2.29. The van der Waals surface area contributed by atoms with Crippen molar-refractivity contribution in [1.82, 2.24) is 4.90 Å². The number of nitrogens with zero attached hydrogens (tertiary/aromatic N) is 1. The summed E-state index contributed by atoms with van der Waals surface area (Å²) in [7, 11) is 0. The van der Waals surface area contributed by atoms with Crippen molar-refractivity contribution < 1.29 is 14.7 Å². The van der Waals surface area contributed by atoms with Crippen LogP contribution in [0.25, 0.3) is 0 Å². The van der Waals surface area contributed by atoms with E-state index in [-0.39, 0.29) is 5.91 Å². The summed E-state index contributed by atoms with van der Waals surface area (Å²) < 4.78 is 0. The van der Waals surface area contributed by atoms with Gasteiger partial charge in [-0.3, -0.25) is 9.59 Å². The molecule has 1 N–H and O–H groups in total. The maximum atomic E-state index is 11.7. The Kier molecular flexibility index (Phi) is 3.97. The summed E-state index contributed by atoms with van der Waals surface area (Å²) in [4.78, 5) is 24.3. The highest BCUT2D eigenvalue weighted by molar-refractivity contribution is 5.80. The van der Waals surface area contributed by atoms with Crippen LogP contribution in [0.3, 0.4) is 0 Å². The third kappa shape index (κ3) is 3.09. The number of rotatable bonds is 4. The predicted molar refractivity (Wildman–Crippen MR) is 67.1 cm³/mol. The minimum Gasteiger partial charge on any atom is -0.481 e. The third-order valence-corrected chi connectivity index (χ3v) is 3.36. The van der Waals surface area contributed by atoms with Crippen LogP contribution in [0, 0.1) is 5.92 Å². The lowest BCUT2D eigenvalue weighted by Gasteiger charge is -2.30. The van der Waals surface area contributed by atoms with Crippen molar-refractivity contribution in [3.8, 4) is 0 Å². The van der Waals surface area contributed by atoms with Gasteiger partial charge in [0, 0.05) is 19.5 Å². The SMILES string of the molecule is O=C(O)[C@H]1CCC(=O)N(CCc2ccccc2)C1. The topological polar surface area (TPSA) is 57.6 Å². The quantitative estimate of drug-likeness (QED) is 0.878. The molecule has 0 saturated carbocycles. The molecule has 1 saturated heterocycles. The number of hydrogen-bond acceptors (Lipinski definition) is 2. The van der Waals surface area contributed by atoms with E-state index in [9.17, 15) is 9.59 Å². The maximum Gasteiger partial charge on any atom is 0.308 e. The average molecular weight is 247 g/mol. The van der Waals surface area contributed by atoms with Gasteiger partial charge in [0.1, 0.15) is 0 Å². The minimum atomic E-state index is -0.799. The second-order valence-corrected chi connectivity index (χ2v) is 4.65. The van der Waals surface area contributed by atoms with E-state index in [0.717, 1.165) is 6.42 Å². The second kappa shape index (κ2) is 5.67. The first-order valence-electron chi connectivity index (χ1n) is 6.21. The molecule has 1 aliphatic heterocycles. The molecule has 96 valence electrons. The molecule has 1 atom stereocenters. The number of carbonyl (C=O) groups excluding carboxylic acids is 1. The lowest BCUT2D eigenvalue weighted by molar-refractivity contribution is -0.147. The number of amides is 1. The smallest absolute Gasteiger partial charge is 0.308 e. The van der Waals surface area contributed by atoms with Gasteiger partial charge in [0.15, 0.2) is 0 Å². The van der Waals surface area contributed by atoms with Crippen LogP contribution in [-0.4, -0.2) is 35.0 Å². The fourth-order valence-electron chi connectivity index (χ4n) is 2.24. The molecular weight excluding hydrogens is 230 g/mol. The van der Waals surface area contributed by atoms with Crippen LogP contribution >= 0.6 is 0 Å². The summed E-state index contributed by atoms with van der Waals surface area (Å²) >= 11 is 0. The van der Waals surface area contributed by atoms with Gasteiger partial charge in [-0.05, 0) is 18.4 Å². The van der Waals surface area contributed by atoms with Crippen LogP contribution < -0.4 is 0 Å². The van der Waals surface area contributed by atoms with Gasteiger partial charge in [-0.2, -0.15) is 0 Å². The molecule has 18 heavy (non-hydrogen) atoms. The molecular formula is C14H17NO3. The van der Waals surface area contributed by atoms with Gasteiger partial charge in [-0.15, -0.1) is 0 Å². The lowest BCUT2D eigenvalue weighted by Crippen LogP contribution is -2.43. The molecule has 0 radical (unpaired) electrons. The molecule has 0 bridgehead atoms. The number of piperidine rings is 1. The maximum absolute atomic E-state index is 11.7. The van der Waals surface area contributed by atoms with E-state index in [1.165, 1.54) is 5.56 Å². The zero-order chi connectivity index (χ0) is 13.0. The van der Waals surface area contributed by atoms with Crippen LogP contribution in [0.4, 0.5) is 0 Å². The molecule has 2 rings (SSSR count). The number of aliphatic carboxylic acids is 1. The van der Waals surface area contributed by atoms with Crippen LogP contribution in [-0.2, 0) is 16.0 Å². The fourth-order valence-corrected chi connectivity index (χ4v) is 2.24. The van der Waals surface area contributed by atoms with Crippen LogP contribution in [0.5, 0.6) is 0 Å². The zero-order valence-electron chi connectivity index (χ0n) is 10.2. The largest absolute Gasteiger partial charge is 0.481 e. The highest BCUT2D eigenvalue weighted by atomic mass is 16.4. The highest BCUT2D eigenvalue weighted by Crippen LogP contribution is 2.18. The van der Waals surface area contributed by atoms with Crippen LogP contribution in [0.2, 0.25) is 0 Å². The molecule has 0 unspecified atom stereocenters. The van der Waals surface area contributed by atoms with Crippen molar-refractivity contribution in [2.45, 2.75) is 19.3 Å². The van der Waals surface area contributed by atoms with E-state index in [1.807, 2.05) is 30.3 Å². The van der Waals surface area contributed by atoms with Gasteiger partial charge in [-0.25, -0.2) is 0 Å². The number of carboxylic acid groups (broad SMARTS) is 1. The third-order valence-electron chi connectivity index (χ3n) is 3.36. The molecule has 4 heteroatoms. The molecule has 1 aromatic rings. The molecule has 1 fully saturated rings. The van der Waals surface area contributed by atoms with E-state index in [4.69, 9.17) is 5.11 Å². The number of carbonyl (C=O) groups is 2. The van der Waals surface area contributed by atoms with Gasteiger partial charge in [0.2, 0.25) is 5.91 Å². The van der Waals surface area contributed by atoms with Crippen molar-refractivity contribution in [3.63, 3.8) is 0 Å². The van der Waals surface area contributed by atoms with Crippen molar-refractivity contribution >= 4 is 11.9 Å². The van der Waals surface area contributed by atoms with Crippen molar-refractivity contribution in [2.75, 3.05) is 13.1 Å². The normalized spacial score (nSPS) is 19.9. The predicted octanol–water partition coefficient (Wildman–Crippen LogP) is 1.55. The van der Waals surface area contributed by atoms with Gasteiger partial charge in [0.25, 0.3) is 0 Å². The summed E-state index contributed by atoms with van der Waals surface area (Å²) in [6, 6.07) is 9.92. The van der Waals surface area contributed by atoms with E-state index in [2.05, 4.69) is 0 Å². The Hall–Kier alpha value is -1.84. The van der Waals surface area contributed by atoms with E-state index >= 15 is 0 Å². The molecule has 0 spiro atoms. The lowest BCUT2D eigenvalue weighted by atomic mass is 9.97. The Morgan fingerprint density at radius 3 is 2.72 bits per heavy atom. The Balaban J connectivity index is 1.91. The summed E-state index contributed by atoms with van der Waals surface area (Å²) in [6.45, 7) is 0.952. The molecule has 4 nitrogen and oxygen atoms in total. The first-order valence-corrected chi connectivity index (χ1v) is 6.21. The summed E-state index contributed by atoms with van der Waals surface area (Å²) in [5.74, 6) is -1.13. The Bertz CT molecular complexity index is 430. The van der Waals surface area contributed by atoms with Gasteiger partial charge < -0.3 is 10.0 Å². The first-order chi connectivity index (χ1) is 8.66. The van der Waals surface area contributed by atoms with E-state index < -0.39 is 11.9 Å². The number of carboxylic acids is 1. The molecule has 0 aliphatic carbocycles. The van der Waals surface area contributed by atoms with Crippen molar-refractivity contribution in [2.24, 2.45) is 5.92 Å². The number of benzene rings is 1. The zero-order valence-corrected chi connectivity index (χ0v) is 10.2. The summed E-state index contributed by atoms with van der Waals surface area (Å²) in [5.41, 5.74) is 1.17. The molecule has 1 amide bonds. The summed E-state index contributed by atoms with van der Waals surface area (Å²) in [6.07, 6.45) is 1.60. The van der Waals surface area contributed by atoms with E-state index in [0.29, 0.717) is 25.9 Å². The van der Waals surface area contributed by atoms with Gasteiger partial charge in [-0.1, -0.05) is 30.3 Å². The minimum absolute atomic E-state index is 0.0726. The first kappa shape index (κ1) is 12.6. The fraction of sp³-hybridized carbons (Fsp3) is 0.429. The van der Waals surface area contributed by atoms with Crippen molar-refractivity contribution in [1.29, 1.82) is 0 Å². The molecule has 0 aromatic heterocycles. The molecule has 1 heterocycles. The summed E-state index contributed by atoms with van der Waals surface area (Å²) in [5, 5.41) is 8.99. The number of hydrogen-bond donors (Lipinski definition) is 1. The average Bonchev–Trinajstić information content (AvgIpc) is 2.38. The van der Waals surface area contributed by atoms with Crippen LogP contribution in [0.15, 0.2) is 30.3 Å². The van der Waals surface area contributed by atoms with Gasteiger partial charge in [0.05, 0.1) is 5.92 Å². The standard InChI is InChI=1S/C14H17NO3/c16-13-7-6-12(14(17)18)10-15(13)9-8-11-4-2-1-3-5-11/h1-5,12H,6-10H2,(H,17,18)/t12-/m0/s1. The Morgan fingerprint density at radius 2 is 2.06 bits per heavy atom. The second-order valence-electron chi connectivity index (χ2n) is 4.65. The van der Waals surface area contributed by atoms with Gasteiger partial charge >= 0.3 is 5.97 Å². The Labute approximate surface area is 106 Å². The monoisotopic (exact) mass is 247 g/mol. The van der Waals surface area contributed by atoms with Crippen LogP contribution in [0.1, 0.15) is 18.4 Å².